The van der Waals surface area contributed by atoms with Gasteiger partial charge >= 0.3 is 0 Å². The van der Waals surface area contributed by atoms with Gasteiger partial charge in [-0.3, -0.25) is 4.90 Å². The molecule has 2 nitrogen and oxygen atoms in total. The van der Waals surface area contributed by atoms with Crippen LogP contribution in [0.25, 0.3) is 0 Å². The number of piperidine rings is 1. The fraction of sp³-hybridized carbons (Fsp3) is 0.900. The molecule has 2 atom stereocenters. The maximum atomic E-state index is 5.51. The number of hydrogen-bond donors (Lipinski definition) is 1. The highest BCUT2D eigenvalue weighted by Crippen LogP contribution is 2.22. The smallest absolute Gasteiger partial charge is 0.0740 e. The predicted molar refractivity (Wildman–Crippen MR) is 60.9 cm³/mol. The number of thiocarbonyl (C=S) groups is 1. The van der Waals surface area contributed by atoms with Crippen molar-refractivity contribution in [3.8, 4) is 0 Å². The van der Waals surface area contributed by atoms with Gasteiger partial charge in [-0.25, -0.2) is 0 Å². The molecular formula is C10H20N2S. The van der Waals surface area contributed by atoms with Crippen LogP contribution in [0.5, 0.6) is 0 Å². The van der Waals surface area contributed by atoms with E-state index < -0.39 is 0 Å². The van der Waals surface area contributed by atoms with Crippen molar-refractivity contribution in [2.24, 2.45) is 5.73 Å². The topological polar surface area (TPSA) is 29.3 Å². The molecule has 3 heteroatoms. The summed E-state index contributed by atoms with van der Waals surface area (Å²) >= 11 is 4.89. The lowest BCUT2D eigenvalue weighted by Crippen LogP contribution is -2.44. The van der Waals surface area contributed by atoms with Gasteiger partial charge in [0.05, 0.1) is 4.99 Å². The molecule has 1 aliphatic rings. The molecule has 0 spiro atoms. The van der Waals surface area contributed by atoms with Gasteiger partial charge in [0.2, 0.25) is 0 Å². The zero-order chi connectivity index (χ0) is 9.84. The summed E-state index contributed by atoms with van der Waals surface area (Å²) in [5, 5.41) is 0. The highest BCUT2D eigenvalue weighted by molar-refractivity contribution is 7.80. The van der Waals surface area contributed by atoms with Crippen molar-refractivity contribution in [3.63, 3.8) is 0 Å². The van der Waals surface area contributed by atoms with Crippen molar-refractivity contribution in [2.45, 2.75) is 51.6 Å². The summed E-state index contributed by atoms with van der Waals surface area (Å²) in [6.07, 6.45) is 4.87. The SMILES string of the molecule is C[C@@H]1CCC[C@H](C)N1CCC(N)=S. The Hall–Kier alpha value is -0.150. The van der Waals surface area contributed by atoms with Crippen LogP contribution < -0.4 is 5.73 Å². The molecule has 76 valence electrons. The Morgan fingerprint density at radius 3 is 2.38 bits per heavy atom. The average Bonchev–Trinajstić information content (AvgIpc) is 2.03. The molecule has 1 aliphatic heterocycles. The van der Waals surface area contributed by atoms with Crippen molar-refractivity contribution in [1.82, 2.24) is 4.90 Å². The Balaban J connectivity index is 2.39. The van der Waals surface area contributed by atoms with Gasteiger partial charge in [0.15, 0.2) is 0 Å². The van der Waals surface area contributed by atoms with Gasteiger partial charge < -0.3 is 5.73 Å². The molecule has 0 aromatic rings. The Morgan fingerprint density at radius 1 is 1.38 bits per heavy atom. The second-order valence-electron chi connectivity index (χ2n) is 4.08. The minimum absolute atomic E-state index is 0.643. The first-order valence-electron chi connectivity index (χ1n) is 5.15. The van der Waals surface area contributed by atoms with Gasteiger partial charge in [-0.15, -0.1) is 0 Å². The van der Waals surface area contributed by atoms with Crippen molar-refractivity contribution < 1.29 is 0 Å². The number of nitrogens with zero attached hydrogens (tertiary/aromatic N) is 1. The van der Waals surface area contributed by atoms with Gasteiger partial charge in [-0.2, -0.15) is 0 Å². The fourth-order valence-corrected chi connectivity index (χ4v) is 2.25. The largest absolute Gasteiger partial charge is 0.393 e. The summed E-state index contributed by atoms with van der Waals surface area (Å²) in [6, 6.07) is 1.41. The lowest BCUT2D eigenvalue weighted by Gasteiger charge is -2.38. The molecule has 0 aromatic carbocycles. The maximum absolute atomic E-state index is 5.51. The van der Waals surface area contributed by atoms with E-state index in [0.717, 1.165) is 13.0 Å². The van der Waals surface area contributed by atoms with Crippen LogP contribution in [0.3, 0.4) is 0 Å². The van der Waals surface area contributed by atoms with Gasteiger partial charge in [-0.05, 0) is 26.7 Å². The van der Waals surface area contributed by atoms with Crippen LogP contribution in [0, 0.1) is 0 Å². The molecule has 0 amide bonds. The summed E-state index contributed by atoms with van der Waals surface area (Å²) in [5.41, 5.74) is 5.51. The van der Waals surface area contributed by atoms with E-state index in [0.29, 0.717) is 17.1 Å². The summed E-state index contributed by atoms with van der Waals surface area (Å²) in [4.78, 5) is 3.17. The minimum Gasteiger partial charge on any atom is -0.393 e. The molecule has 1 saturated heterocycles. The molecule has 0 bridgehead atoms. The molecule has 1 fully saturated rings. The quantitative estimate of drug-likeness (QED) is 0.706. The number of hydrogen-bond acceptors (Lipinski definition) is 2. The van der Waals surface area contributed by atoms with Crippen molar-refractivity contribution in [1.29, 1.82) is 0 Å². The molecular weight excluding hydrogens is 180 g/mol. The van der Waals surface area contributed by atoms with Crippen LogP contribution in [-0.4, -0.2) is 28.5 Å². The van der Waals surface area contributed by atoms with Gasteiger partial charge in [0, 0.05) is 25.0 Å². The summed E-state index contributed by atoms with van der Waals surface area (Å²) < 4.78 is 0. The summed E-state index contributed by atoms with van der Waals surface area (Å²) in [7, 11) is 0. The standard InChI is InChI=1S/C10H20N2S/c1-8-4-3-5-9(2)12(8)7-6-10(11)13/h8-9H,3-7H2,1-2H3,(H2,11,13)/t8-,9+. The molecule has 0 aromatic heterocycles. The van der Waals surface area contributed by atoms with Gasteiger partial charge in [0.1, 0.15) is 0 Å². The van der Waals surface area contributed by atoms with E-state index in [9.17, 15) is 0 Å². The molecule has 0 aliphatic carbocycles. The van der Waals surface area contributed by atoms with Crippen molar-refractivity contribution >= 4 is 17.2 Å². The minimum atomic E-state index is 0.643. The third kappa shape index (κ3) is 3.24. The van der Waals surface area contributed by atoms with E-state index in [2.05, 4.69) is 18.7 Å². The highest BCUT2D eigenvalue weighted by Gasteiger charge is 2.23. The molecule has 2 N–H and O–H groups in total. The van der Waals surface area contributed by atoms with Gasteiger partial charge in [0.25, 0.3) is 0 Å². The van der Waals surface area contributed by atoms with Crippen LogP contribution in [0.1, 0.15) is 39.5 Å². The number of rotatable bonds is 3. The molecule has 1 heterocycles. The second-order valence-corrected chi connectivity index (χ2v) is 4.61. The van der Waals surface area contributed by atoms with E-state index in [1.54, 1.807) is 0 Å². The van der Waals surface area contributed by atoms with Crippen LogP contribution in [-0.2, 0) is 0 Å². The summed E-state index contributed by atoms with van der Waals surface area (Å²) in [6.45, 7) is 5.64. The van der Waals surface area contributed by atoms with E-state index >= 15 is 0 Å². The van der Waals surface area contributed by atoms with E-state index in [-0.39, 0.29) is 0 Å². The van der Waals surface area contributed by atoms with E-state index in [4.69, 9.17) is 18.0 Å². The van der Waals surface area contributed by atoms with Crippen molar-refractivity contribution in [2.75, 3.05) is 6.54 Å². The summed E-state index contributed by atoms with van der Waals surface area (Å²) in [5.74, 6) is 0. The predicted octanol–water partition coefficient (Wildman–Crippen LogP) is 1.93. The Bertz CT molecular complexity index is 172. The monoisotopic (exact) mass is 200 g/mol. The third-order valence-corrected chi connectivity index (χ3v) is 3.20. The van der Waals surface area contributed by atoms with E-state index in [1.165, 1.54) is 19.3 Å². The first kappa shape index (κ1) is 10.9. The molecule has 1 rings (SSSR count). The zero-order valence-corrected chi connectivity index (χ0v) is 9.44. The first-order chi connectivity index (χ1) is 6.11. The Labute approximate surface area is 86.5 Å². The number of nitrogens with two attached hydrogens (primary N) is 1. The van der Waals surface area contributed by atoms with Gasteiger partial charge in [-0.1, -0.05) is 18.6 Å². The van der Waals surface area contributed by atoms with Crippen LogP contribution in [0.15, 0.2) is 0 Å². The second kappa shape index (κ2) is 4.91. The van der Waals surface area contributed by atoms with E-state index in [1.807, 2.05) is 0 Å². The Morgan fingerprint density at radius 2 is 1.92 bits per heavy atom. The lowest BCUT2D eigenvalue weighted by molar-refractivity contribution is 0.107. The first-order valence-corrected chi connectivity index (χ1v) is 5.56. The lowest BCUT2D eigenvalue weighted by atomic mass is 9.97. The number of likely N-dealkylation sites (tertiary alicyclic amines) is 1. The molecule has 0 saturated carbocycles. The average molecular weight is 200 g/mol. The van der Waals surface area contributed by atoms with Crippen molar-refractivity contribution in [3.05, 3.63) is 0 Å². The molecule has 0 radical (unpaired) electrons. The highest BCUT2D eigenvalue weighted by atomic mass is 32.1. The Kier molecular flexibility index (Phi) is 4.13. The van der Waals surface area contributed by atoms with Crippen LogP contribution >= 0.6 is 12.2 Å². The maximum Gasteiger partial charge on any atom is 0.0740 e. The van der Waals surface area contributed by atoms with Crippen LogP contribution in [0.4, 0.5) is 0 Å². The van der Waals surface area contributed by atoms with Crippen LogP contribution in [0.2, 0.25) is 0 Å². The normalized spacial score (nSPS) is 30.3. The molecule has 0 unspecified atom stereocenters. The molecule has 13 heavy (non-hydrogen) atoms. The zero-order valence-electron chi connectivity index (χ0n) is 8.62. The third-order valence-electron chi connectivity index (χ3n) is 2.99. The fourth-order valence-electron chi connectivity index (χ4n) is 2.15.